The van der Waals surface area contributed by atoms with Crippen LogP contribution >= 0.6 is 0 Å². The Hall–Kier alpha value is -1.32. The third kappa shape index (κ3) is 5.14. The number of hydrazine groups is 1. The lowest BCUT2D eigenvalue weighted by atomic mass is 10.1. The van der Waals surface area contributed by atoms with Gasteiger partial charge in [0.15, 0.2) is 0 Å². The molecular formula is C18H26F3N3O2S. The molecule has 1 saturated carbocycles. The third-order valence-corrected chi connectivity index (χ3v) is 6.70. The van der Waals surface area contributed by atoms with E-state index in [0.717, 1.165) is 57.3 Å². The number of rotatable bonds is 7. The zero-order valence-electron chi connectivity index (χ0n) is 15.3. The number of halogens is 3. The van der Waals surface area contributed by atoms with Crippen LogP contribution in [-0.2, 0) is 16.2 Å². The van der Waals surface area contributed by atoms with E-state index in [0.29, 0.717) is 6.42 Å². The lowest BCUT2D eigenvalue weighted by molar-refractivity contribution is -0.139. The average Bonchev–Trinajstić information content (AvgIpc) is 3.45. The van der Waals surface area contributed by atoms with E-state index in [1.807, 2.05) is 11.9 Å². The van der Waals surface area contributed by atoms with Crippen molar-refractivity contribution < 1.29 is 21.6 Å². The van der Waals surface area contributed by atoms with Gasteiger partial charge in [-0.15, -0.1) is 0 Å². The number of anilines is 1. The minimum absolute atomic E-state index is 0.221. The van der Waals surface area contributed by atoms with Crippen molar-refractivity contribution in [3.63, 3.8) is 0 Å². The number of alkyl halides is 3. The first-order valence-electron chi connectivity index (χ1n) is 9.46. The smallest absolute Gasteiger partial charge is 0.319 e. The minimum Gasteiger partial charge on any atom is -0.319 e. The van der Waals surface area contributed by atoms with Gasteiger partial charge in [-0.1, -0.05) is 13.3 Å². The molecule has 1 atom stereocenters. The second-order valence-corrected chi connectivity index (χ2v) is 9.02. The molecule has 1 aliphatic carbocycles. The Morgan fingerprint density at radius 3 is 2.41 bits per heavy atom. The molecule has 27 heavy (non-hydrogen) atoms. The molecule has 1 heterocycles. The fraction of sp³-hybridized carbons (Fsp3) is 0.667. The highest BCUT2D eigenvalue weighted by Crippen LogP contribution is 2.38. The zero-order chi connectivity index (χ0) is 19.7. The molecule has 1 aliphatic heterocycles. The Morgan fingerprint density at radius 1 is 1.19 bits per heavy atom. The predicted molar refractivity (Wildman–Crippen MR) is 97.6 cm³/mol. The van der Waals surface area contributed by atoms with Gasteiger partial charge in [0.2, 0.25) is 10.0 Å². The van der Waals surface area contributed by atoms with E-state index >= 15 is 0 Å². The Morgan fingerprint density at radius 2 is 1.85 bits per heavy atom. The lowest BCUT2D eigenvalue weighted by Gasteiger charge is -2.28. The van der Waals surface area contributed by atoms with Crippen molar-refractivity contribution in [2.75, 3.05) is 18.5 Å². The quantitative estimate of drug-likeness (QED) is 0.720. The van der Waals surface area contributed by atoms with Gasteiger partial charge >= 0.3 is 6.18 Å². The van der Waals surface area contributed by atoms with Crippen molar-refractivity contribution in [2.24, 2.45) is 5.92 Å². The average molecular weight is 405 g/mol. The second-order valence-electron chi connectivity index (χ2n) is 7.34. The first-order valence-corrected chi connectivity index (χ1v) is 10.9. The van der Waals surface area contributed by atoms with Crippen molar-refractivity contribution in [2.45, 2.75) is 62.6 Å². The van der Waals surface area contributed by atoms with Gasteiger partial charge in [0.05, 0.1) is 10.5 Å². The highest BCUT2D eigenvalue weighted by atomic mass is 32.2. The van der Waals surface area contributed by atoms with Crippen LogP contribution in [-0.4, -0.2) is 32.6 Å². The minimum atomic E-state index is -4.76. The number of piperidine rings is 1. The van der Waals surface area contributed by atoms with Crippen molar-refractivity contribution in [3.05, 3.63) is 23.8 Å². The molecule has 3 rings (SSSR count). The normalized spacial score (nSPS) is 20.4. The molecule has 9 heteroatoms. The molecule has 0 radical (unpaired) electrons. The van der Waals surface area contributed by atoms with E-state index in [9.17, 15) is 21.6 Å². The van der Waals surface area contributed by atoms with Crippen LogP contribution in [0.5, 0.6) is 0 Å². The number of nitrogens with zero attached hydrogens (tertiary/aromatic N) is 1. The maximum absolute atomic E-state index is 13.6. The van der Waals surface area contributed by atoms with E-state index in [4.69, 9.17) is 0 Å². The summed E-state index contributed by atoms with van der Waals surface area (Å²) in [6, 6.07) is 3.02. The van der Waals surface area contributed by atoms with E-state index in [1.54, 1.807) is 0 Å². The molecule has 152 valence electrons. The third-order valence-electron chi connectivity index (χ3n) is 5.16. The maximum atomic E-state index is 13.6. The van der Waals surface area contributed by atoms with Gasteiger partial charge in [0.1, 0.15) is 0 Å². The lowest BCUT2D eigenvalue weighted by Crippen LogP contribution is -2.37. The van der Waals surface area contributed by atoms with Crippen LogP contribution in [0.25, 0.3) is 0 Å². The Kier molecular flexibility index (Phi) is 6.02. The van der Waals surface area contributed by atoms with E-state index in [1.165, 1.54) is 6.07 Å². The molecule has 5 nitrogen and oxygen atoms in total. The molecule has 0 aromatic heterocycles. The first kappa shape index (κ1) is 20.4. The first-order chi connectivity index (χ1) is 12.7. The van der Waals surface area contributed by atoms with Crippen molar-refractivity contribution in [1.29, 1.82) is 0 Å². The number of nitrogens with one attached hydrogen (secondary N) is 2. The highest BCUT2D eigenvalue weighted by molar-refractivity contribution is 7.89. The fourth-order valence-corrected chi connectivity index (χ4v) is 5.11. The zero-order valence-corrected chi connectivity index (χ0v) is 16.2. The molecule has 2 aliphatic rings. The number of sulfonamides is 1. The Bertz CT molecular complexity index is 758. The van der Waals surface area contributed by atoms with Crippen molar-refractivity contribution in [1.82, 2.24) is 9.73 Å². The summed E-state index contributed by atoms with van der Waals surface area (Å²) in [5.41, 5.74) is 2.08. The fourth-order valence-electron chi connectivity index (χ4n) is 3.52. The number of hydrogen-bond acceptors (Lipinski definition) is 4. The molecule has 2 N–H and O–H groups in total. The molecule has 1 unspecified atom stereocenters. The maximum Gasteiger partial charge on any atom is 0.417 e. The van der Waals surface area contributed by atoms with Gasteiger partial charge in [-0.2, -0.15) is 13.2 Å². The molecule has 1 saturated heterocycles. The topological polar surface area (TPSA) is 61.4 Å². The van der Waals surface area contributed by atoms with Crippen LogP contribution in [0.15, 0.2) is 23.1 Å². The summed E-state index contributed by atoms with van der Waals surface area (Å²) in [5.74, 6) is 0.221. The standard InChI is InChI=1S/C18H26F3N3O2S/c1-2-16(13-6-7-13)23-27(25,26)17-9-8-14(12-15(17)18(19,20)21)22-24-10-4-3-5-11-24/h8-9,12-13,16,22-23H,2-7,10-11H2,1H3. The summed E-state index contributed by atoms with van der Waals surface area (Å²) in [4.78, 5) is -0.710. The molecular weight excluding hydrogens is 379 g/mol. The van der Waals surface area contributed by atoms with Crippen molar-refractivity contribution >= 4 is 15.7 Å². The van der Waals surface area contributed by atoms with Crippen LogP contribution in [0.1, 0.15) is 51.0 Å². The monoisotopic (exact) mass is 405 g/mol. The van der Waals surface area contributed by atoms with Crippen LogP contribution in [0.4, 0.5) is 18.9 Å². The molecule has 2 fully saturated rings. The van der Waals surface area contributed by atoms with E-state index in [2.05, 4.69) is 10.1 Å². The van der Waals surface area contributed by atoms with E-state index in [-0.39, 0.29) is 17.6 Å². The number of hydrogen-bond donors (Lipinski definition) is 2. The Balaban J connectivity index is 1.87. The predicted octanol–water partition coefficient (Wildman–Crippen LogP) is 3.99. The van der Waals surface area contributed by atoms with Gasteiger partial charge in [0.25, 0.3) is 0 Å². The van der Waals surface area contributed by atoms with Crippen LogP contribution < -0.4 is 10.1 Å². The summed E-state index contributed by atoms with van der Waals surface area (Å²) < 4.78 is 68.6. The van der Waals surface area contributed by atoms with Gasteiger partial charge in [-0.05, 0) is 56.2 Å². The molecule has 1 aromatic carbocycles. The van der Waals surface area contributed by atoms with E-state index < -0.39 is 26.7 Å². The van der Waals surface area contributed by atoms with Gasteiger partial charge in [-0.3, -0.25) is 0 Å². The largest absolute Gasteiger partial charge is 0.417 e. The second kappa shape index (κ2) is 7.97. The van der Waals surface area contributed by atoms with Gasteiger partial charge < -0.3 is 5.43 Å². The highest BCUT2D eigenvalue weighted by Gasteiger charge is 2.39. The van der Waals surface area contributed by atoms with Crippen molar-refractivity contribution in [3.8, 4) is 0 Å². The van der Waals surface area contributed by atoms with Gasteiger partial charge in [0, 0.05) is 24.8 Å². The van der Waals surface area contributed by atoms with Crippen LogP contribution in [0, 0.1) is 5.92 Å². The SMILES string of the molecule is CCC(NS(=O)(=O)c1ccc(NN2CCCCC2)cc1C(F)(F)F)C1CC1. The molecule has 0 bridgehead atoms. The summed E-state index contributed by atoms with van der Waals surface area (Å²) in [6.07, 6.45) is 0.682. The number of benzene rings is 1. The van der Waals surface area contributed by atoms with Crippen LogP contribution in [0.3, 0.4) is 0 Å². The molecule has 0 amide bonds. The molecule has 1 aromatic rings. The summed E-state index contributed by atoms with van der Waals surface area (Å²) in [5, 5.41) is 1.87. The molecule has 0 spiro atoms. The summed E-state index contributed by atoms with van der Waals surface area (Å²) in [7, 11) is -4.25. The summed E-state index contributed by atoms with van der Waals surface area (Å²) in [6.45, 7) is 3.34. The summed E-state index contributed by atoms with van der Waals surface area (Å²) >= 11 is 0. The van der Waals surface area contributed by atoms with Gasteiger partial charge in [-0.25, -0.2) is 18.1 Å². The Labute approximate surface area is 158 Å². The van der Waals surface area contributed by atoms with Crippen LogP contribution in [0.2, 0.25) is 0 Å².